The van der Waals surface area contributed by atoms with Gasteiger partial charge < -0.3 is 15.5 Å². The Morgan fingerprint density at radius 2 is 1.75 bits per heavy atom. The molecule has 6 heteroatoms. The van der Waals surface area contributed by atoms with E-state index in [1.165, 1.54) is 24.3 Å². The summed E-state index contributed by atoms with van der Waals surface area (Å²) in [7, 11) is 3.71. The summed E-state index contributed by atoms with van der Waals surface area (Å²) in [6.45, 7) is 0.601. The maximum atomic E-state index is 12.8. The van der Waals surface area contributed by atoms with E-state index in [2.05, 4.69) is 15.6 Å². The maximum Gasteiger partial charge on any atom is 0.243 e. The van der Waals surface area contributed by atoms with Crippen LogP contribution in [0.4, 0.5) is 10.1 Å². The summed E-state index contributed by atoms with van der Waals surface area (Å²) in [6.07, 6.45) is 0. The van der Waals surface area contributed by atoms with Crippen molar-refractivity contribution in [1.29, 1.82) is 0 Å². The van der Waals surface area contributed by atoms with Gasteiger partial charge >= 0.3 is 0 Å². The van der Waals surface area contributed by atoms with Gasteiger partial charge in [0.05, 0.1) is 13.1 Å². The molecule has 0 aliphatic heterocycles. The molecule has 0 bridgehead atoms. The van der Waals surface area contributed by atoms with E-state index < -0.39 is 0 Å². The molecule has 5 nitrogen and oxygen atoms in total. The number of rotatable bonds is 5. The number of hydrogen-bond acceptors (Lipinski definition) is 2. The highest BCUT2D eigenvalue weighted by molar-refractivity contribution is 5.94. The summed E-state index contributed by atoms with van der Waals surface area (Å²) >= 11 is 0. The van der Waals surface area contributed by atoms with Gasteiger partial charge in [-0.2, -0.15) is 0 Å². The predicted octanol–water partition coefficient (Wildman–Crippen LogP) is 2.47. The zero-order valence-corrected chi connectivity index (χ0v) is 13.8. The second kappa shape index (κ2) is 8.67. The van der Waals surface area contributed by atoms with Gasteiger partial charge in [-0.05, 0) is 29.8 Å². The Kier molecular flexibility index (Phi) is 6.31. The lowest BCUT2D eigenvalue weighted by Gasteiger charge is -2.17. The van der Waals surface area contributed by atoms with Gasteiger partial charge in [-0.1, -0.05) is 30.3 Å². The van der Waals surface area contributed by atoms with Crippen molar-refractivity contribution in [3.05, 3.63) is 66.0 Å². The highest BCUT2D eigenvalue weighted by atomic mass is 19.1. The largest absolute Gasteiger partial charge is 0.349 e. The van der Waals surface area contributed by atoms with Crippen molar-refractivity contribution in [2.75, 3.05) is 26.0 Å². The first kappa shape index (κ1) is 17.5. The van der Waals surface area contributed by atoms with Crippen LogP contribution in [-0.2, 0) is 11.3 Å². The van der Waals surface area contributed by atoms with Gasteiger partial charge in [0, 0.05) is 19.8 Å². The van der Waals surface area contributed by atoms with E-state index >= 15 is 0 Å². The van der Waals surface area contributed by atoms with Crippen LogP contribution in [0, 0.1) is 5.82 Å². The molecule has 1 amide bonds. The van der Waals surface area contributed by atoms with Gasteiger partial charge in [0.15, 0.2) is 5.96 Å². The molecule has 0 spiro atoms. The molecule has 0 saturated carbocycles. The van der Waals surface area contributed by atoms with E-state index in [-0.39, 0.29) is 18.3 Å². The number of benzene rings is 2. The molecule has 0 aliphatic carbocycles. The first-order valence-corrected chi connectivity index (χ1v) is 7.59. The SMILES string of the molecule is CN(C)C(=NCc1ccccc1)NCC(=O)Nc1ccc(F)cc1. The molecule has 0 aliphatic rings. The van der Waals surface area contributed by atoms with Gasteiger partial charge in [-0.15, -0.1) is 0 Å². The summed E-state index contributed by atoms with van der Waals surface area (Å²) < 4.78 is 12.8. The van der Waals surface area contributed by atoms with Gasteiger partial charge in [0.25, 0.3) is 0 Å². The van der Waals surface area contributed by atoms with Crippen LogP contribution in [0.5, 0.6) is 0 Å². The van der Waals surface area contributed by atoms with Gasteiger partial charge in [0.2, 0.25) is 5.91 Å². The minimum absolute atomic E-state index is 0.0726. The number of halogens is 1. The summed E-state index contributed by atoms with van der Waals surface area (Å²) in [5.74, 6) is 0.0537. The molecule has 0 radical (unpaired) electrons. The van der Waals surface area contributed by atoms with Crippen LogP contribution in [0.2, 0.25) is 0 Å². The third kappa shape index (κ3) is 5.72. The molecule has 0 atom stereocenters. The van der Waals surface area contributed by atoms with Gasteiger partial charge in [-0.25, -0.2) is 9.38 Å². The Labute approximate surface area is 141 Å². The second-order valence-electron chi connectivity index (χ2n) is 5.43. The number of nitrogens with zero attached hydrogens (tertiary/aromatic N) is 2. The topological polar surface area (TPSA) is 56.7 Å². The Hall–Kier alpha value is -2.89. The van der Waals surface area contributed by atoms with Crippen LogP contribution in [0.15, 0.2) is 59.6 Å². The van der Waals surface area contributed by atoms with E-state index in [1.54, 1.807) is 0 Å². The summed E-state index contributed by atoms with van der Waals surface area (Å²) in [5, 5.41) is 5.71. The van der Waals surface area contributed by atoms with Gasteiger partial charge in [0.1, 0.15) is 5.82 Å². The molecule has 24 heavy (non-hydrogen) atoms. The van der Waals surface area contributed by atoms with Crippen molar-refractivity contribution < 1.29 is 9.18 Å². The van der Waals surface area contributed by atoms with Crippen LogP contribution < -0.4 is 10.6 Å². The van der Waals surface area contributed by atoms with Crippen molar-refractivity contribution >= 4 is 17.6 Å². The third-order valence-electron chi connectivity index (χ3n) is 3.21. The quantitative estimate of drug-likeness (QED) is 0.655. The van der Waals surface area contributed by atoms with E-state index in [9.17, 15) is 9.18 Å². The maximum absolute atomic E-state index is 12.8. The fourth-order valence-corrected chi connectivity index (χ4v) is 2.00. The second-order valence-corrected chi connectivity index (χ2v) is 5.43. The van der Waals surface area contributed by atoms with Crippen LogP contribution in [0.25, 0.3) is 0 Å². The van der Waals surface area contributed by atoms with Crippen molar-refractivity contribution in [2.45, 2.75) is 6.54 Å². The number of carbonyl (C=O) groups is 1. The van der Waals surface area contributed by atoms with Crippen molar-refractivity contribution in [3.63, 3.8) is 0 Å². The Morgan fingerprint density at radius 3 is 2.38 bits per heavy atom. The molecule has 0 unspecified atom stereocenters. The smallest absolute Gasteiger partial charge is 0.243 e. The number of aliphatic imine (C=N–C) groups is 1. The average molecular weight is 328 g/mol. The lowest BCUT2D eigenvalue weighted by molar-refractivity contribution is -0.115. The molecule has 0 heterocycles. The fourth-order valence-electron chi connectivity index (χ4n) is 2.00. The standard InChI is InChI=1S/C18H21FN4O/c1-23(2)18(20-12-14-6-4-3-5-7-14)21-13-17(24)22-16-10-8-15(19)9-11-16/h3-11H,12-13H2,1-2H3,(H,20,21)(H,22,24). The molecular weight excluding hydrogens is 307 g/mol. The number of nitrogens with one attached hydrogen (secondary N) is 2. The molecule has 0 fully saturated rings. The zero-order valence-electron chi connectivity index (χ0n) is 13.8. The third-order valence-corrected chi connectivity index (χ3v) is 3.21. The molecule has 2 aromatic rings. The lowest BCUT2D eigenvalue weighted by atomic mass is 10.2. The summed E-state index contributed by atoms with van der Waals surface area (Å²) in [5.41, 5.74) is 1.64. The predicted molar refractivity (Wildman–Crippen MR) is 94.3 cm³/mol. The summed E-state index contributed by atoms with van der Waals surface area (Å²) in [6, 6.07) is 15.5. The van der Waals surface area contributed by atoms with Gasteiger partial charge in [-0.3, -0.25) is 4.79 Å². The molecule has 2 N–H and O–H groups in total. The van der Waals surface area contributed by atoms with Crippen molar-refractivity contribution in [2.24, 2.45) is 4.99 Å². The fraction of sp³-hybridized carbons (Fsp3) is 0.222. The normalized spacial score (nSPS) is 11.0. The Balaban J connectivity index is 1.88. The van der Waals surface area contributed by atoms with E-state index in [0.717, 1.165) is 5.56 Å². The Bertz CT molecular complexity index is 684. The van der Waals surface area contributed by atoms with Crippen LogP contribution in [0.3, 0.4) is 0 Å². The Morgan fingerprint density at radius 1 is 1.08 bits per heavy atom. The number of anilines is 1. The molecule has 2 aromatic carbocycles. The van der Waals surface area contributed by atoms with E-state index in [0.29, 0.717) is 18.2 Å². The number of amides is 1. The number of carbonyl (C=O) groups excluding carboxylic acids is 1. The zero-order chi connectivity index (χ0) is 17.4. The van der Waals surface area contributed by atoms with Crippen LogP contribution in [0.1, 0.15) is 5.56 Å². The van der Waals surface area contributed by atoms with Crippen LogP contribution in [-0.4, -0.2) is 37.4 Å². The van der Waals surface area contributed by atoms with E-state index in [1.807, 2.05) is 49.3 Å². The first-order valence-electron chi connectivity index (χ1n) is 7.59. The van der Waals surface area contributed by atoms with Crippen LogP contribution >= 0.6 is 0 Å². The number of guanidine groups is 1. The highest BCUT2D eigenvalue weighted by Crippen LogP contribution is 2.07. The lowest BCUT2D eigenvalue weighted by Crippen LogP contribution is -2.40. The monoisotopic (exact) mass is 328 g/mol. The molecule has 126 valence electrons. The molecule has 0 aromatic heterocycles. The molecular formula is C18H21FN4O. The van der Waals surface area contributed by atoms with Crippen molar-refractivity contribution in [1.82, 2.24) is 10.2 Å². The average Bonchev–Trinajstić information content (AvgIpc) is 2.57. The molecule has 2 rings (SSSR count). The minimum atomic E-state index is -0.339. The number of hydrogen-bond donors (Lipinski definition) is 2. The van der Waals surface area contributed by atoms with E-state index in [4.69, 9.17) is 0 Å². The van der Waals surface area contributed by atoms with Crippen molar-refractivity contribution in [3.8, 4) is 0 Å². The molecule has 0 saturated heterocycles. The minimum Gasteiger partial charge on any atom is -0.349 e. The summed E-state index contributed by atoms with van der Waals surface area (Å²) in [4.78, 5) is 18.3. The highest BCUT2D eigenvalue weighted by Gasteiger charge is 2.06. The first-order chi connectivity index (χ1) is 11.5.